The number of carbonyl (C=O) groups excluding carboxylic acids is 2. The van der Waals surface area contributed by atoms with E-state index in [9.17, 15) is 9.59 Å². The summed E-state index contributed by atoms with van der Waals surface area (Å²) in [5.74, 6) is 0.616. The third-order valence-corrected chi connectivity index (χ3v) is 5.38. The molecule has 2 N–H and O–H groups in total. The van der Waals surface area contributed by atoms with Gasteiger partial charge in [-0.3, -0.25) is 9.78 Å². The summed E-state index contributed by atoms with van der Waals surface area (Å²) < 4.78 is 5.35. The SMILES string of the molecule is CN(CCc1noc(-c2ccc(C(=O)NCc3ccccn3)cc2)n1)C(=O)Nc1ccc(Cl)cc1. The fourth-order valence-corrected chi connectivity index (χ4v) is 3.26. The number of benzene rings is 2. The van der Waals surface area contributed by atoms with Crippen molar-refractivity contribution in [3.63, 3.8) is 0 Å². The molecule has 0 radical (unpaired) electrons. The molecule has 2 heterocycles. The highest BCUT2D eigenvalue weighted by Gasteiger charge is 2.14. The Kier molecular flexibility index (Phi) is 7.69. The number of nitrogens with one attached hydrogen (secondary N) is 2. The average molecular weight is 491 g/mol. The number of aromatic nitrogens is 3. The second-order valence-electron chi connectivity index (χ2n) is 7.71. The molecule has 0 aliphatic carbocycles. The molecule has 2 aromatic heterocycles. The van der Waals surface area contributed by atoms with Crippen LogP contribution in [0.3, 0.4) is 0 Å². The van der Waals surface area contributed by atoms with Crippen LogP contribution < -0.4 is 10.6 Å². The molecule has 0 fully saturated rings. The largest absolute Gasteiger partial charge is 0.346 e. The van der Waals surface area contributed by atoms with Crippen molar-refractivity contribution in [1.82, 2.24) is 25.3 Å². The van der Waals surface area contributed by atoms with Gasteiger partial charge in [0.2, 0.25) is 0 Å². The zero-order chi connectivity index (χ0) is 24.6. The summed E-state index contributed by atoms with van der Waals surface area (Å²) in [6.45, 7) is 0.744. The summed E-state index contributed by atoms with van der Waals surface area (Å²) in [4.78, 5) is 34.8. The van der Waals surface area contributed by atoms with Crippen LogP contribution in [0.4, 0.5) is 10.5 Å². The van der Waals surface area contributed by atoms with Crippen molar-refractivity contribution in [1.29, 1.82) is 0 Å². The van der Waals surface area contributed by atoms with Gasteiger partial charge in [0.25, 0.3) is 11.8 Å². The molecular weight excluding hydrogens is 468 g/mol. The lowest BCUT2D eigenvalue weighted by atomic mass is 10.1. The first-order chi connectivity index (χ1) is 17.0. The van der Waals surface area contributed by atoms with Gasteiger partial charge in [-0.1, -0.05) is 22.8 Å². The van der Waals surface area contributed by atoms with Gasteiger partial charge in [-0.05, 0) is 60.7 Å². The number of rotatable bonds is 8. The van der Waals surface area contributed by atoms with E-state index in [1.54, 1.807) is 61.8 Å². The van der Waals surface area contributed by atoms with Crippen LogP contribution in [0.1, 0.15) is 21.9 Å². The van der Waals surface area contributed by atoms with Gasteiger partial charge in [0.1, 0.15) is 0 Å². The lowest BCUT2D eigenvalue weighted by molar-refractivity contribution is 0.0950. The minimum absolute atomic E-state index is 0.201. The van der Waals surface area contributed by atoms with Gasteiger partial charge in [-0.15, -0.1) is 0 Å². The van der Waals surface area contributed by atoms with Crippen molar-refractivity contribution >= 4 is 29.2 Å². The van der Waals surface area contributed by atoms with E-state index in [1.165, 1.54) is 4.90 Å². The smallest absolute Gasteiger partial charge is 0.321 e. The topological polar surface area (TPSA) is 113 Å². The molecule has 0 saturated carbocycles. The van der Waals surface area contributed by atoms with E-state index < -0.39 is 0 Å². The number of carbonyl (C=O) groups is 2. The molecule has 2 aromatic carbocycles. The molecular formula is C25H23ClN6O3. The van der Waals surface area contributed by atoms with Crippen molar-refractivity contribution in [3.8, 4) is 11.5 Å². The van der Waals surface area contributed by atoms with E-state index in [-0.39, 0.29) is 11.9 Å². The minimum atomic E-state index is -0.257. The molecule has 178 valence electrons. The zero-order valence-corrected chi connectivity index (χ0v) is 19.7. The molecule has 35 heavy (non-hydrogen) atoms. The van der Waals surface area contributed by atoms with E-state index >= 15 is 0 Å². The summed E-state index contributed by atoms with van der Waals surface area (Å²) in [5.41, 5.74) is 2.64. The van der Waals surface area contributed by atoms with Crippen LogP contribution in [0.15, 0.2) is 77.4 Å². The van der Waals surface area contributed by atoms with Gasteiger partial charge in [-0.25, -0.2) is 4.79 Å². The van der Waals surface area contributed by atoms with Gasteiger partial charge in [-0.2, -0.15) is 4.98 Å². The molecule has 10 heteroatoms. The molecule has 3 amide bonds. The van der Waals surface area contributed by atoms with Crippen LogP contribution in [0, 0.1) is 0 Å². The number of pyridine rings is 1. The van der Waals surface area contributed by atoms with Crippen LogP contribution in [0.5, 0.6) is 0 Å². The molecule has 0 unspecified atom stereocenters. The van der Waals surface area contributed by atoms with Crippen LogP contribution in [-0.4, -0.2) is 45.6 Å². The Labute approximate surface area is 207 Å². The van der Waals surface area contributed by atoms with Crippen LogP contribution >= 0.6 is 11.6 Å². The summed E-state index contributed by atoms with van der Waals surface area (Å²) >= 11 is 5.86. The predicted octanol–water partition coefficient (Wildman–Crippen LogP) is 4.42. The Morgan fingerprint density at radius 3 is 2.51 bits per heavy atom. The number of nitrogens with zero attached hydrogens (tertiary/aromatic N) is 4. The van der Waals surface area contributed by atoms with Crippen LogP contribution in [0.25, 0.3) is 11.5 Å². The first-order valence-electron chi connectivity index (χ1n) is 10.9. The molecule has 4 aromatic rings. The van der Waals surface area contributed by atoms with Crippen molar-refractivity contribution in [2.24, 2.45) is 0 Å². The highest BCUT2D eigenvalue weighted by Crippen LogP contribution is 2.18. The Bertz CT molecular complexity index is 1280. The van der Waals surface area contributed by atoms with E-state index in [0.717, 1.165) is 5.69 Å². The Morgan fingerprint density at radius 1 is 1.03 bits per heavy atom. The molecule has 0 aliphatic rings. The third kappa shape index (κ3) is 6.64. The zero-order valence-electron chi connectivity index (χ0n) is 18.9. The molecule has 4 rings (SSSR count). The van der Waals surface area contributed by atoms with Crippen molar-refractivity contribution in [2.45, 2.75) is 13.0 Å². The fraction of sp³-hybridized carbons (Fsp3) is 0.160. The third-order valence-electron chi connectivity index (χ3n) is 5.13. The Morgan fingerprint density at radius 2 is 1.80 bits per heavy atom. The molecule has 0 saturated heterocycles. The standard InChI is InChI=1S/C25H23ClN6O3/c1-32(25(34)29-20-11-9-19(26)10-12-20)15-13-22-30-24(35-31-22)18-7-5-17(6-8-18)23(33)28-16-21-4-2-3-14-27-21/h2-12,14H,13,15-16H2,1H3,(H,28,33)(H,29,34). The van der Waals surface area contributed by atoms with E-state index in [2.05, 4.69) is 25.8 Å². The highest BCUT2D eigenvalue weighted by molar-refractivity contribution is 6.30. The number of anilines is 1. The lowest BCUT2D eigenvalue weighted by Crippen LogP contribution is -2.33. The molecule has 0 atom stereocenters. The summed E-state index contributed by atoms with van der Waals surface area (Å²) in [6, 6.07) is 19.1. The quantitative estimate of drug-likeness (QED) is 0.378. The fourth-order valence-electron chi connectivity index (χ4n) is 3.13. The minimum Gasteiger partial charge on any atom is -0.346 e. The van der Waals surface area contributed by atoms with E-state index in [0.29, 0.717) is 53.1 Å². The van der Waals surface area contributed by atoms with E-state index in [1.807, 2.05) is 18.2 Å². The van der Waals surface area contributed by atoms with Gasteiger partial charge >= 0.3 is 6.03 Å². The lowest BCUT2D eigenvalue weighted by Gasteiger charge is -2.17. The second kappa shape index (κ2) is 11.3. The summed E-state index contributed by atoms with van der Waals surface area (Å²) in [6.07, 6.45) is 2.10. The number of amides is 3. The number of hydrogen-bond acceptors (Lipinski definition) is 6. The average Bonchev–Trinajstić information content (AvgIpc) is 3.37. The van der Waals surface area contributed by atoms with Crippen LogP contribution in [0.2, 0.25) is 5.02 Å². The first kappa shape index (κ1) is 23.9. The predicted molar refractivity (Wildman–Crippen MR) is 132 cm³/mol. The van der Waals surface area contributed by atoms with Crippen molar-refractivity contribution in [2.75, 3.05) is 18.9 Å². The Hall–Kier alpha value is -4.24. The van der Waals surface area contributed by atoms with Gasteiger partial charge in [0, 0.05) is 48.0 Å². The number of urea groups is 1. The summed E-state index contributed by atoms with van der Waals surface area (Å²) in [7, 11) is 1.68. The number of hydrogen-bond donors (Lipinski definition) is 2. The highest BCUT2D eigenvalue weighted by atomic mass is 35.5. The maximum atomic E-state index is 12.4. The van der Waals surface area contributed by atoms with Gasteiger partial charge in [0.05, 0.1) is 12.2 Å². The van der Waals surface area contributed by atoms with Gasteiger partial charge in [0.15, 0.2) is 5.82 Å². The monoisotopic (exact) mass is 490 g/mol. The number of halogens is 1. The van der Waals surface area contributed by atoms with E-state index in [4.69, 9.17) is 16.1 Å². The van der Waals surface area contributed by atoms with Gasteiger partial charge < -0.3 is 20.1 Å². The Balaban J connectivity index is 1.28. The van der Waals surface area contributed by atoms with Crippen molar-refractivity contribution < 1.29 is 14.1 Å². The molecule has 9 nitrogen and oxygen atoms in total. The molecule has 0 spiro atoms. The second-order valence-corrected chi connectivity index (χ2v) is 8.14. The normalized spacial score (nSPS) is 10.6. The maximum absolute atomic E-state index is 12.4. The van der Waals surface area contributed by atoms with Crippen LogP contribution in [-0.2, 0) is 13.0 Å². The molecule has 0 bridgehead atoms. The number of likely N-dealkylation sites (N-methyl/N-ethyl adjacent to an activating group) is 1. The molecule has 0 aliphatic heterocycles. The first-order valence-corrected chi connectivity index (χ1v) is 11.2. The maximum Gasteiger partial charge on any atom is 0.321 e. The summed E-state index contributed by atoms with van der Waals surface area (Å²) in [5, 5.41) is 10.2. The van der Waals surface area contributed by atoms with Crippen molar-refractivity contribution in [3.05, 3.63) is 95.0 Å².